The van der Waals surface area contributed by atoms with Crippen molar-refractivity contribution in [3.63, 3.8) is 0 Å². The standard InChI is InChI=1S/C20H33NO/c1-19(2,3)14-20(4,5)17-8-9-18(16(12-17)10-11-21)22-13-15-6-7-15/h8-9,12,15H,6-7,10-11,13-14,21H2,1-5H3. The van der Waals surface area contributed by atoms with Crippen LogP contribution in [0.1, 0.15) is 65.0 Å². The molecule has 0 radical (unpaired) electrons. The van der Waals surface area contributed by atoms with E-state index in [2.05, 4.69) is 52.8 Å². The quantitative estimate of drug-likeness (QED) is 0.793. The molecule has 0 amide bonds. The molecule has 0 saturated heterocycles. The minimum atomic E-state index is 0.163. The average molecular weight is 303 g/mol. The van der Waals surface area contributed by atoms with Crippen LogP contribution in [-0.4, -0.2) is 13.2 Å². The first-order chi connectivity index (χ1) is 10.2. The van der Waals surface area contributed by atoms with Gasteiger partial charge in [-0.25, -0.2) is 0 Å². The molecular weight excluding hydrogens is 270 g/mol. The van der Waals surface area contributed by atoms with Gasteiger partial charge in [-0.2, -0.15) is 0 Å². The van der Waals surface area contributed by atoms with Crippen LogP contribution >= 0.6 is 0 Å². The minimum absolute atomic E-state index is 0.163. The lowest BCUT2D eigenvalue weighted by Crippen LogP contribution is -2.25. The van der Waals surface area contributed by atoms with E-state index < -0.39 is 0 Å². The Labute approximate surface area is 136 Å². The summed E-state index contributed by atoms with van der Waals surface area (Å²) in [5, 5.41) is 0. The maximum absolute atomic E-state index is 6.03. The van der Waals surface area contributed by atoms with Crippen LogP contribution in [0.25, 0.3) is 0 Å². The van der Waals surface area contributed by atoms with Gasteiger partial charge in [-0.15, -0.1) is 0 Å². The largest absolute Gasteiger partial charge is 0.493 e. The van der Waals surface area contributed by atoms with Crippen molar-refractivity contribution in [2.24, 2.45) is 17.1 Å². The summed E-state index contributed by atoms with van der Waals surface area (Å²) >= 11 is 0. The Morgan fingerprint density at radius 2 is 1.82 bits per heavy atom. The van der Waals surface area contributed by atoms with Gasteiger partial charge in [0.2, 0.25) is 0 Å². The van der Waals surface area contributed by atoms with Crippen molar-refractivity contribution < 1.29 is 4.74 Å². The molecule has 1 aromatic carbocycles. The molecule has 2 nitrogen and oxygen atoms in total. The highest BCUT2D eigenvalue weighted by Crippen LogP contribution is 2.38. The van der Waals surface area contributed by atoms with Gasteiger partial charge >= 0.3 is 0 Å². The number of nitrogens with two attached hydrogens (primary N) is 1. The predicted octanol–water partition coefficient (Wildman–Crippen LogP) is 4.69. The molecule has 1 saturated carbocycles. The van der Waals surface area contributed by atoms with Crippen molar-refractivity contribution in [1.29, 1.82) is 0 Å². The Kier molecular flexibility index (Phi) is 5.21. The fourth-order valence-corrected chi connectivity index (χ4v) is 3.41. The van der Waals surface area contributed by atoms with Gasteiger partial charge in [0.25, 0.3) is 0 Å². The van der Waals surface area contributed by atoms with E-state index in [1.165, 1.54) is 24.0 Å². The Bertz CT molecular complexity index is 495. The Morgan fingerprint density at radius 1 is 1.14 bits per heavy atom. The molecule has 0 aliphatic heterocycles. The van der Waals surface area contributed by atoms with Gasteiger partial charge in [0.05, 0.1) is 6.61 Å². The van der Waals surface area contributed by atoms with Crippen molar-refractivity contribution >= 4 is 0 Å². The Balaban J connectivity index is 2.19. The molecule has 2 N–H and O–H groups in total. The van der Waals surface area contributed by atoms with Gasteiger partial charge in [-0.05, 0) is 66.2 Å². The highest BCUT2D eigenvalue weighted by molar-refractivity contribution is 5.40. The summed E-state index contributed by atoms with van der Waals surface area (Å²) in [5.41, 5.74) is 8.94. The van der Waals surface area contributed by atoms with E-state index in [9.17, 15) is 0 Å². The first-order valence-corrected chi connectivity index (χ1v) is 8.67. The van der Waals surface area contributed by atoms with Gasteiger partial charge in [0.1, 0.15) is 5.75 Å². The second kappa shape index (κ2) is 6.62. The minimum Gasteiger partial charge on any atom is -0.493 e. The maximum atomic E-state index is 6.03. The topological polar surface area (TPSA) is 35.2 Å². The molecule has 0 aromatic heterocycles. The molecule has 0 atom stereocenters. The highest BCUT2D eigenvalue weighted by atomic mass is 16.5. The monoisotopic (exact) mass is 303 g/mol. The second-order valence-corrected chi connectivity index (χ2v) is 8.74. The molecule has 0 bridgehead atoms. The summed E-state index contributed by atoms with van der Waals surface area (Å²) in [5.74, 6) is 1.82. The Hall–Kier alpha value is -1.02. The summed E-state index contributed by atoms with van der Waals surface area (Å²) in [7, 11) is 0. The maximum Gasteiger partial charge on any atom is 0.122 e. The molecule has 0 spiro atoms. The van der Waals surface area contributed by atoms with Crippen molar-refractivity contribution in [1.82, 2.24) is 0 Å². The normalized spacial score (nSPS) is 15.9. The van der Waals surface area contributed by atoms with Gasteiger partial charge in [0.15, 0.2) is 0 Å². The molecule has 124 valence electrons. The van der Waals surface area contributed by atoms with Gasteiger partial charge in [-0.1, -0.05) is 46.8 Å². The molecule has 2 heteroatoms. The van der Waals surface area contributed by atoms with Crippen LogP contribution in [0.4, 0.5) is 0 Å². The van der Waals surface area contributed by atoms with E-state index in [0.29, 0.717) is 12.0 Å². The zero-order valence-electron chi connectivity index (χ0n) is 15.0. The second-order valence-electron chi connectivity index (χ2n) is 8.74. The first kappa shape index (κ1) is 17.3. The fourth-order valence-electron chi connectivity index (χ4n) is 3.41. The van der Waals surface area contributed by atoms with Crippen molar-refractivity contribution in [3.05, 3.63) is 29.3 Å². The van der Waals surface area contributed by atoms with E-state index >= 15 is 0 Å². The molecule has 1 aromatic rings. The van der Waals surface area contributed by atoms with Crippen molar-refractivity contribution in [2.75, 3.05) is 13.2 Å². The van der Waals surface area contributed by atoms with E-state index in [4.69, 9.17) is 10.5 Å². The van der Waals surface area contributed by atoms with Crippen LogP contribution in [0.3, 0.4) is 0 Å². The third-order valence-corrected chi connectivity index (χ3v) is 4.40. The number of hydrogen-bond acceptors (Lipinski definition) is 2. The average Bonchev–Trinajstić information content (AvgIpc) is 3.18. The molecule has 1 aliphatic rings. The third kappa shape index (κ3) is 5.01. The lowest BCUT2D eigenvalue weighted by atomic mass is 9.72. The SMILES string of the molecule is CC(C)(C)CC(C)(C)c1ccc(OCC2CC2)c(CCN)c1. The summed E-state index contributed by atoms with van der Waals surface area (Å²) in [4.78, 5) is 0. The summed E-state index contributed by atoms with van der Waals surface area (Å²) < 4.78 is 6.03. The van der Waals surface area contributed by atoms with Crippen LogP contribution < -0.4 is 10.5 Å². The highest BCUT2D eigenvalue weighted by Gasteiger charge is 2.28. The number of benzene rings is 1. The lowest BCUT2D eigenvalue weighted by molar-refractivity contribution is 0.282. The van der Waals surface area contributed by atoms with E-state index in [0.717, 1.165) is 31.1 Å². The van der Waals surface area contributed by atoms with Crippen LogP contribution in [0.15, 0.2) is 18.2 Å². The van der Waals surface area contributed by atoms with Crippen molar-refractivity contribution in [3.8, 4) is 5.75 Å². The van der Waals surface area contributed by atoms with E-state index in [-0.39, 0.29) is 5.41 Å². The van der Waals surface area contributed by atoms with Crippen LogP contribution in [0, 0.1) is 11.3 Å². The zero-order valence-corrected chi connectivity index (χ0v) is 15.0. The zero-order chi connectivity index (χ0) is 16.4. The molecule has 0 unspecified atom stereocenters. The van der Waals surface area contributed by atoms with Gasteiger partial charge < -0.3 is 10.5 Å². The number of hydrogen-bond donors (Lipinski definition) is 1. The first-order valence-electron chi connectivity index (χ1n) is 8.67. The van der Waals surface area contributed by atoms with Gasteiger partial charge in [-0.3, -0.25) is 0 Å². The van der Waals surface area contributed by atoms with E-state index in [1.807, 2.05) is 0 Å². The number of ether oxygens (including phenoxy) is 1. The van der Waals surface area contributed by atoms with E-state index in [1.54, 1.807) is 0 Å². The molecule has 22 heavy (non-hydrogen) atoms. The van der Waals surface area contributed by atoms with Crippen molar-refractivity contribution in [2.45, 2.75) is 65.7 Å². The molecule has 1 fully saturated rings. The summed E-state index contributed by atoms with van der Waals surface area (Å²) in [6.45, 7) is 13.1. The molecule has 2 rings (SSSR count). The van der Waals surface area contributed by atoms with Crippen LogP contribution in [0.5, 0.6) is 5.75 Å². The van der Waals surface area contributed by atoms with Gasteiger partial charge in [0, 0.05) is 0 Å². The van der Waals surface area contributed by atoms with Crippen LogP contribution in [-0.2, 0) is 11.8 Å². The Morgan fingerprint density at radius 3 is 2.36 bits per heavy atom. The fraction of sp³-hybridized carbons (Fsp3) is 0.700. The lowest BCUT2D eigenvalue weighted by Gasteiger charge is -2.33. The summed E-state index contributed by atoms with van der Waals surface area (Å²) in [6.07, 6.45) is 4.69. The third-order valence-electron chi connectivity index (χ3n) is 4.40. The smallest absolute Gasteiger partial charge is 0.122 e. The molecular formula is C20H33NO. The molecule has 1 aliphatic carbocycles. The summed E-state index contributed by atoms with van der Waals surface area (Å²) in [6, 6.07) is 6.72. The van der Waals surface area contributed by atoms with Crippen LogP contribution in [0.2, 0.25) is 0 Å². The molecule has 0 heterocycles. The number of rotatable bonds is 7. The predicted molar refractivity (Wildman–Crippen MR) is 94.5 cm³/mol.